The molecule has 0 N–H and O–H groups in total. The third-order valence-electron chi connectivity index (χ3n) is 6.43. The van der Waals surface area contributed by atoms with E-state index in [0.717, 1.165) is 0 Å². The van der Waals surface area contributed by atoms with Gasteiger partial charge >= 0.3 is 0 Å². The zero-order valence-corrected chi connectivity index (χ0v) is 19.7. The van der Waals surface area contributed by atoms with Crippen LogP contribution in [-0.4, -0.2) is 0 Å². The molecule has 0 amide bonds. The first-order valence-corrected chi connectivity index (χ1v) is 11.8. The summed E-state index contributed by atoms with van der Waals surface area (Å²) >= 11 is 0. The van der Waals surface area contributed by atoms with Crippen molar-refractivity contribution in [3.05, 3.63) is 145 Å². The minimum Gasteiger partial charge on any atom is -0.0622 e. The molecule has 0 aliphatic heterocycles. The largest absolute Gasteiger partial charge is 0.0622 e. The van der Waals surface area contributed by atoms with Gasteiger partial charge < -0.3 is 0 Å². The average molecular weight is 437 g/mol. The van der Waals surface area contributed by atoms with Gasteiger partial charge in [-0.15, -0.1) is 0 Å². The summed E-state index contributed by atoms with van der Waals surface area (Å²) in [4.78, 5) is 0. The summed E-state index contributed by atoms with van der Waals surface area (Å²) in [7, 11) is 0. The van der Waals surface area contributed by atoms with Crippen molar-refractivity contribution in [2.24, 2.45) is 0 Å². The van der Waals surface area contributed by atoms with E-state index in [0.29, 0.717) is 0 Å². The Bertz CT molecular complexity index is 1540. The van der Waals surface area contributed by atoms with Crippen LogP contribution in [0.25, 0.3) is 43.8 Å². The van der Waals surface area contributed by atoms with Gasteiger partial charge in [0.2, 0.25) is 0 Å². The first-order chi connectivity index (χ1) is 16.7. The summed E-state index contributed by atoms with van der Waals surface area (Å²) in [5, 5.41) is 5.33. The average Bonchev–Trinajstić information content (AvgIpc) is 2.90. The SMILES string of the molecule is Cc1cccc2c(-c3ccccc3)cccc12.Cc1cccc2cc(-c3ccccc3)ccc12. The van der Waals surface area contributed by atoms with E-state index in [9.17, 15) is 0 Å². The standard InChI is InChI=1S/2C17H14/c1-13-7-5-12-17-15(13)10-6-11-16(17)14-8-3-2-4-9-14;1-13-6-5-9-16-12-15(10-11-17(13)16)14-7-3-2-4-8-14/h2*2-12H,1H3. The van der Waals surface area contributed by atoms with Gasteiger partial charge in [0.25, 0.3) is 0 Å². The Kier molecular flexibility index (Phi) is 6.23. The molecule has 34 heavy (non-hydrogen) atoms. The number of fused-ring (bicyclic) bond motifs is 2. The zero-order valence-electron chi connectivity index (χ0n) is 19.7. The summed E-state index contributed by atoms with van der Waals surface area (Å²) in [6.45, 7) is 4.32. The number of hydrogen-bond donors (Lipinski definition) is 0. The topological polar surface area (TPSA) is 0 Å². The van der Waals surface area contributed by atoms with E-state index in [1.165, 1.54) is 54.9 Å². The molecule has 6 rings (SSSR count). The van der Waals surface area contributed by atoms with E-state index in [1.807, 2.05) is 0 Å². The molecule has 0 aliphatic carbocycles. The second-order valence-corrected chi connectivity index (χ2v) is 8.72. The number of aryl methyl sites for hydroxylation is 2. The highest BCUT2D eigenvalue weighted by Crippen LogP contribution is 2.30. The van der Waals surface area contributed by atoms with Gasteiger partial charge in [0.1, 0.15) is 0 Å². The molecular formula is C34H28. The van der Waals surface area contributed by atoms with Crippen LogP contribution < -0.4 is 0 Å². The lowest BCUT2D eigenvalue weighted by Crippen LogP contribution is -1.83. The van der Waals surface area contributed by atoms with Crippen molar-refractivity contribution in [2.45, 2.75) is 13.8 Å². The molecule has 0 heteroatoms. The van der Waals surface area contributed by atoms with Gasteiger partial charge in [0, 0.05) is 0 Å². The minimum atomic E-state index is 1.27. The highest BCUT2D eigenvalue weighted by Gasteiger charge is 2.04. The lowest BCUT2D eigenvalue weighted by atomic mass is 9.96. The monoisotopic (exact) mass is 436 g/mol. The Morgan fingerprint density at radius 1 is 0.353 bits per heavy atom. The molecule has 0 unspecified atom stereocenters. The molecule has 0 heterocycles. The molecule has 0 radical (unpaired) electrons. The van der Waals surface area contributed by atoms with Crippen LogP contribution in [0.5, 0.6) is 0 Å². The van der Waals surface area contributed by atoms with Crippen molar-refractivity contribution in [1.29, 1.82) is 0 Å². The van der Waals surface area contributed by atoms with Crippen molar-refractivity contribution >= 4 is 21.5 Å². The van der Waals surface area contributed by atoms with Gasteiger partial charge in [0.05, 0.1) is 0 Å². The first kappa shape index (κ1) is 21.7. The minimum absolute atomic E-state index is 1.27. The Morgan fingerprint density at radius 3 is 1.68 bits per heavy atom. The molecule has 0 aliphatic rings. The van der Waals surface area contributed by atoms with Crippen LogP contribution in [-0.2, 0) is 0 Å². The van der Waals surface area contributed by atoms with Crippen LogP contribution in [0.4, 0.5) is 0 Å². The van der Waals surface area contributed by atoms with Crippen LogP contribution in [0.2, 0.25) is 0 Å². The molecule has 6 aromatic carbocycles. The van der Waals surface area contributed by atoms with Crippen LogP contribution in [0.1, 0.15) is 11.1 Å². The Morgan fingerprint density at radius 2 is 0.941 bits per heavy atom. The van der Waals surface area contributed by atoms with E-state index in [-0.39, 0.29) is 0 Å². The zero-order chi connectivity index (χ0) is 23.3. The maximum atomic E-state index is 2.26. The van der Waals surface area contributed by atoms with Gasteiger partial charge in [-0.3, -0.25) is 0 Å². The smallest absolute Gasteiger partial charge is 0.0103 e. The van der Waals surface area contributed by atoms with Crippen molar-refractivity contribution in [3.63, 3.8) is 0 Å². The van der Waals surface area contributed by atoms with Crippen LogP contribution in [0.3, 0.4) is 0 Å². The lowest BCUT2D eigenvalue weighted by molar-refractivity contribution is 1.53. The second-order valence-electron chi connectivity index (χ2n) is 8.72. The Labute approximate surface area is 202 Å². The molecule has 0 aromatic heterocycles. The van der Waals surface area contributed by atoms with Gasteiger partial charge in [-0.05, 0) is 74.8 Å². The van der Waals surface area contributed by atoms with Gasteiger partial charge in [-0.25, -0.2) is 0 Å². The summed E-state index contributed by atoms with van der Waals surface area (Å²) in [5.41, 5.74) is 7.82. The summed E-state index contributed by atoms with van der Waals surface area (Å²) in [6.07, 6.45) is 0. The van der Waals surface area contributed by atoms with Crippen LogP contribution >= 0.6 is 0 Å². The van der Waals surface area contributed by atoms with Gasteiger partial charge in [0.15, 0.2) is 0 Å². The molecule has 0 bridgehead atoms. The quantitative estimate of drug-likeness (QED) is 0.253. The number of benzene rings is 6. The maximum absolute atomic E-state index is 2.26. The van der Waals surface area contributed by atoms with Crippen molar-refractivity contribution in [2.75, 3.05) is 0 Å². The predicted octanol–water partition coefficient (Wildman–Crippen LogP) is 9.63. The van der Waals surface area contributed by atoms with E-state index in [1.54, 1.807) is 0 Å². The third-order valence-corrected chi connectivity index (χ3v) is 6.43. The molecule has 0 spiro atoms. The molecule has 0 saturated heterocycles. The van der Waals surface area contributed by atoms with Crippen LogP contribution in [0, 0.1) is 13.8 Å². The molecular weight excluding hydrogens is 408 g/mol. The van der Waals surface area contributed by atoms with E-state index >= 15 is 0 Å². The van der Waals surface area contributed by atoms with Crippen molar-refractivity contribution < 1.29 is 0 Å². The second kappa shape index (κ2) is 9.77. The molecule has 0 saturated carbocycles. The normalized spacial score (nSPS) is 10.6. The predicted molar refractivity (Wildman–Crippen MR) is 148 cm³/mol. The van der Waals surface area contributed by atoms with E-state index in [2.05, 4.69) is 147 Å². The van der Waals surface area contributed by atoms with Crippen LogP contribution in [0.15, 0.2) is 133 Å². The molecule has 0 atom stereocenters. The van der Waals surface area contributed by atoms with E-state index in [4.69, 9.17) is 0 Å². The summed E-state index contributed by atoms with van der Waals surface area (Å²) in [6, 6.07) is 47.2. The van der Waals surface area contributed by atoms with E-state index < -0.39 is 0 Å². The number of rotatable bonds is 2. The fourth-order valence-corrected chi connectivity index (χ4v) is 4.59. The Balaban J connectivity index is 0.000000142. The highest BCUT2D eigenvalue weighted by molar-refractivity contribution is 5.98. The fraction of sp³-hybridized carbons (Fsp3) is 0.0588. The first-order valence-electron chi connectivity index (χ1n) is 11.8. The summed E-state index contributed by atoms with van der Waals surface area (Å²) in [5.74, 6) is 0. The fourth-order valence-electron chi connectivity index (χ4n) is 4.59. The highest BCUT2D eigenvalue weighted by atomic mass is 14.1. The van der Waals surface area contributed by atoms with Gasteiger partial charge in [-0.2, -0.15) is 0 Å². The molecule has 164 valence electrons. The Hall–Kier alpha value is -4.16. The molecule has 6 aromatic rings. The molecule has 0 nitrogen and oxygen atoms in total. The maximum Gasteiger partial charge on any atom is -0.0103 e. The van der Waals surface area contributed by atoms with Crippen molar-refractivity contribution in [1.82, 2.24) is 0 Å². The van der Waals surface area contributed by atoms with Gasteiger partial charge in [-0.1, -0.05) is 127 Å². The molecule has 0 fully saturated rings. The van der Waals surface area contributed by atoms with Crippen molar-refractivity contribution in [3.8, 4) is 22.3 Å². The number of hydrogen-bond acceptors (Lipinski definition) is 0. The third kappa shape index (κ3) is 4.49. The summed E-state index contributed by atoms with van der Waals surface area (Å²) < 4.78 is 0. The lowest BCUT2D eigenvalue weighted by Gasteiger charge is -2.08.